The molecule has 0 unspecified atom stereocenters. The molecule has 0 spiro atoms. The Labute approximate surface area is 155 Å². The lowest BCUT2D eigenvalue weighted by atomic mass is 10.0. The summed E-state index contributed by atoms with van der Waals surface area (Å²) in [4.78, 5) is 0. The molecule has 1 aromatic rings. The molecule has 0 bridgehead atoms. The molecule has 0 N–H and O–H groups in total. The van der Waals surface area contributed by atoms with E-state index in [1.54, 1.807) is 24.3 Å². The third-order valence-corrected chi connectivity index (χ3v) is 6.34. The molecule has 1 rings (SSSR count). The SMILES string of the molecule is CCCCCCCC(CCCCCCC)S(=O)(=O)Oc1ccccc1. The summed E-state index contributed by atoms with van der Waals surface area (Å²) in [5.41, 5.74) is 0. The second-order valence-electron chi connectivity index (χ2n) is 6.92. The van der Waals surface area contributed by atoms with Crippen LogP contribution in [0.25, 0.3) is 0 Å². The summed E-state index contributed by atoms with van der Waals surface area (Å²) in [6, 6.07) is 8.87. The molecule has 0 saturated carbocycles. The summed E-state index contributed by atoms with van der Waals surface area (Å²) in [7, 11) is -3.56. The molecule has 0 amide bonds. The minimum Gasteiger partial charge on any atom is -0.382 e. The van der Waals surface area contributed by atoms with Crippen molar-refractivity contribution in [1.82, 2.24) is 0 Å². The summed E-state index contributed by atoms with van der Waals surface area (Å²) in [5.74, 6) is 0.421. The van der Waals surface area contributed by atoms with Crippen molar-refractivity contribution in [3.8, 4) is 5.75 Å². The van der Waals surface area contributed by atoms with Gasteiger partial charge < -0.3 is 4.18 Å². The van der Waals surface area contributed by atoms with E-state index in [1.165, 1.54) is 38.5 Å². The van der Waals surface area contributed by atoms with Gasteiger partial charge in [-0.05, 0) is 25.0 Å². The van der Waals surface area contributed by atoms with Crippen molar-refractivity contribution in [2.45, 2.75) is 96.1 Å². The summed E-state index contributed by atoms with van der Waals surface area (Å²) in [6.07, 6.45) is 12.9. The van der Waals surface area contributed by atoms with Gasteiger partial charge in [0.15, 0.2) is 0 Å². The molecule has 0 heterocycles. The zero-order valence-electron chi connectivity index (χ0n) is 16.1. The maximum absolute atomic E-state index is 12.7. The van der Waals surface area contributed by atoms with Crippen LogP contribution in [0.4, 0.5) is 0 Å². The molecule has 0 aromatic heterocycles. The first-order valence-electron chi connectivity index (χ1n) is 10.1. The number of benzene rings is 1. The van der Waals surface area contributed by atoms with Crippen LogP contribution in [0.1, 0.15) is 90.9 Å². The van der Waals surface area contributed by atoms with Crippen LogP contribution in [0, 0.1) is 0 Å². The van der Waals surface area contributed by atoms with Crippen LogP contribution >= 0.6 is 0 Å². The Morgan fingerprint density at radius 2 is 1.24 bits per heavy atom. The van der Waals surface area contributed by atoms with E-state index in [0.29, 0.717) is 18.6 Å². The van der Waals surface area contributed by atoms with Gasteiger partial charge >= 0.3 is 10.1 Å². The molecule has 0 fully saturated rings. The van der Waals surface area contributed by atoms with E-state index in [-0.39, 0.29) is 5.25 Å². The minimum atomic E-state index is -3.56. The Balaban J connectivity index is 2.57. The van der Waals surface area contributed by atoms with E-state index in [1.807, 2.05) is 6.07 Å². The minimum absolute atomic E-state index is 0.379. The highest BCUT2D eigenvalue weighted by Crippen LogP contribution is 2.23. The highest BCUT2D eigenvalue weighted by atomic mass is 32.2. The lowest BCUT2D eigenvalue weighted by Crippen LogP contribution is -2.26. The van der Waals surface area contributed by atoms with Crippen LogP contribution in [-0.2, 0) is 10.1 Å². The molecule has 1 aromatic carbocycles. The molecular formula is C21H36O3S. The summed E-state index contributed by atoms with van der Waals surface area (Å²) in [5, 5.41) is -0.379. The van der Waals surface area contributed by atoms with Crippen molar-refractivity contribution in [3.63, 3.8) is 0 Å². The Bertz CT molecular complexity index is 511. The van der Waals surface area contributed by atoms with Gasteiger partial charge in [-0.2, -0.15) is 8.42 Å². The van der Waals surface area contributed by atoms with Gasteiger partial charge in [-0.3, -0.25) is 0 Å². The number of rotatable bonds is 15. The summed E-state index contributed by atoms with van der Waals surface area (Å²) in [6.45, 7) is 4.38. The zero-order valence-corrected chi connectivity index (χ0v) is 16.9. The molecular weight excluding hydrogens is 332 g/mol. The van der Waals surface area contributed by atoms with Gasteiger partial charge in [0.2, 0.25) is 0 Å². The zero-order chi connectivity index (χ0) is 18.4. The first-order valence-corrected chi connectivity index (χ1v) is 11.6. The van der Waals surface area contributed by atoms with E-state index in [0.717, 1.165) is 25.7 Å². The Hall–Kier alpha value is -1.03. The van der Waals surface area contributed by atoms with Gasteiger partial charge in [0.05, 0.1) is 5.25 Å². The molecule has 25 heavy (non-hydrogen) atoms. The maximum atomic E-state index is 12.7. The number of para-hydroxylation sites is 1. The van der Waals surface area contributed by atoms with Crippen LogP contribution in [0.2, 0.25) is 0 Å². The van der Waals surface area contributed by atoms with Crippen molar-refractivity contribution >= 4 is 10.1 Å². The topological polar surface area (TPSA) is 43.4 Å². The van der Waals surface area contributed by atoms with E-state index < -0.39 is 10.1 Å². The Kier molecular flexibility index (Phi) is 11.6. The average Bonchev–Trinajstić information content (AvgIpc) is 2.60. The maximum Gasteiger partial charge on any atom is 0.312 e. The fourth-order valence-corrected chi connectivity index (χ4v) is 4.49. The molecule has 3 nitrogen and oxygen atoms in total. The van der Waals surface area contributed by atoms with E-state index in [2.05, 4.69) is 13.8 Å². The van der Waals surface area contributed by atoms with Crippen LogP contribution < -0.4 is 4.18 Å². The molecule has 0 aliphatic rings. The monoisotopic (exact) mass is 368 g/mol. The second kappa shape index (κ2) is 13.2. The van der Waals surface area contributed by atoms with Crippen molar-refractivity contribution in [2.24, 2.45) is 0 Å². The highest BCUT2D eigenvalue weighted by Gasteiger charge is 2.26. The van der Waals surface area contributed by atoms with Crippen LogP contribution in [0.15, 0.2) is 30.3 Å². The fraction of sp³-hybridized carbons (Fsp3) is 0.714. The fourth-order valence-electron chi connectivity index (χ4n) is 3.06. The second-order valence-corrected chi connectivity index (χ2v) is 8.74. The third kappa shape index (κ3) is 9.88. The standard InChI is InChI=1S/C21H36O3S/c1-3-5-7-9-14-18-21(19-15-10-8-6-4-2)25(22,23)24-20-16-12-11-13-17-20/h11-13,16-17,21H,3-10,14-15,18-19H2,1-2H3. The van der Waals surface area contributed by atoms with E-state index >= 15 is 0 Å². The number of hydrogen-bond donors (Lipinski definition) is 0. The van der Waals surface area contributed by atoms with Gasteiger partial charge in [-0.1, -0.05) is 96.3 Å². The summed E-state index contributed by atoms with van der Waals surface area (Å²) < 4.78 is 30.8. The van der Waals surface area contributed by atoms with Gasteiger partial charge in [-0.15, -0.1) is 0 Å². The lowest BCUT2D eigenvalue weighted by Gasteiger charge is -2.18. The normalized spacial score (nSPS) is 11.8. The van der Waals surface area contributed by atoms with Crippen molar-refractivity contribution in [2.75, 3.05) is 0 Å². The predicted octanol–water partition coefficient (Wildman–Crippen LogP) is 6.48. The first kappa shape index (κ1) is 22.0. The van der Waals surface area contributed by atoms with Gasteiger partial charge in [0.1, 0.15) is 5.75 Å². The van der Waals surface area contributed by atoms with Gasteiger partial charge in [0.25, 0.3) is 0 Å². The Morgan fingerprint density at radius 3 is 1.72 bits per heavy atom. The molecule has 144 valence electrons. The smallest absolute Gasteiger partial charge is 0.312 e. The molecule has 0 saturated heterocycles. The molecule has 0 atom stereocenters. The average molecular weight is 369 g/mol. The quantitative estimate of drug-likeness (QED) is 0.263. The van der Waals surface area contributed by atoms with Crippen molar-refractivity contribution < 1.29 is 12.6 Å². The molecule has 4 heteroatoms. The van der Waals surface area contributed by atoms with Gasteiger partial charge in [-0.25, -0.2) is 0 Å². The van der Waals surface area contributed by atoms with Crippen LogP contribution in [0.5, 0.6) is 5.75 Å². The largest absolute Gasteiger partial charge is 0.382 e. The highest BCUT2D eigenvalue weighted by molar-refractivity contribution is 7.87. The number of unbranched alkanes of at least 4 members (excludes halogenated alkanes) is 8. The van der Waals surface area contributed by atoms with E-state index in [9.17, 15) is 8.42 Å². The molecule has 0 aliphatic heterocycles. The van der Waals surface area contributed by atoms with Gasteiger partial charge in [0, 0.05) is 0 Å². The number of hydrogen-bond acceptors (Lipinski definition) is 3. The summed E-state index contributed by atoms with van der Waals surface area (Å²) >= 11 is 0. The Morgan fingerprint density at radius 1 is 0.760 bits per heavy atom. The molecule has 0 radical (unpaired) electrons. The predicted molar refractivity (Wildman–Crippen MR) is 107 cm³/mol. The third-order valence-electron chi connectivity index (χ3n) is 4.62. The lowest BCUT2D eigenvalue weighted by molar-refractivity contribution is 0.447. The van der Waals surface area contributed by atoms with Crippen molar-refractivity contribution in [1.29, 1.82) is 0 Å². The molecule has 0 aliphatic carbocycles. The van der Waals surface area contributed by atoms with Crippen LogP contribution in [-0.4, -0.2) is 13.7 Å². The van der Waals surface area contributed by atoms with Crippen molar-refractivity contribution in [3.05, 3.63) is 30.3 Å². The van der Waals surface area contributed by atoms with Crippen LogP contribution in [0.3, 0.4) is 0 Å². The van der Waals surface area contributed by atoms with E-state index in [4.69, 9.17) is 4.18 Å². The first-order chi connectivity index (χ1) is 12.1.